The first-order valence-corrected chi connectivity index (χ1v) is 8.14. The molecule has 0 saturated carbocycles. The number of ether oxygens (including phenoxy) is 1. The van der Waals surface area contributed by atoms with Gasteiger partial charge in [0.25, 0.3) is 0 Å². The Balaban J connectivity index is 1.91. The standard InChI is InChI=1S/C20H25NO/c1-20(2,3)21-15-9-13-18(21)17-12-7-8-14-19(17)22-16-10-5-4-6-11-16/h4-8,10-12,14,18H,9,13,15H2,1-3H3. The van der Waals surface area contributed by atoms with Crippen molar-refractivity contribution in [3.8, 4) is 11.5 Å². The van der Waals surface area contributed by atoms with Gasteiger partial charge in [0.2, 0.25) is 0 Å². The molecule has 1 unspecified atom stereocenters. The highest BCUT2D eigenvalue weighted by Gasteiger charge is 2.35. The van der Waals surface area contributed by atoms with Crippen molar-refractivity contribution in [1.29, 1.82) is 0 Å². The third-order valence-electron chi connectivity index (χ3n) is 4.36. The van der Waals surface area contributed by atoms with Crippen LogP contribution in [0.3, 0.4) is 0 Å². The molecule has 1 saturated heterocycles. The quantitative estimate of drug-likeness (QED) is 0.750. The van der Waals surface area contributed by atoms with E-state index in [1.165, 1.54) is 18.4 Å². The van der Waals surface area contributed by atoms with Crippen LogP contribution in [0.25, 0.3) is 0 Å². The minimum atomic E-state index is 0.182. The zero-order chi connectivity index (χ0) is 15.6. The van der Waals surface area contributed by atoms with Crippen molar-refractivity contribution >= 4 is 0 Å². The summed E-state index contributed by atoms with van der Waals surface area (Å²) in [5.74, 6) is 1.88. The molecule has 0 aliphatic carbocycles. The lowest BCUT2D eigenvalue weighted by Crippen LogP contribution is -2.40. The van der Waals surface area contributed by atoms with Crippen LogP contribution in [0.4, 0.5) is 0 Å². The monoisotopic (exact) mass is 295 g/mol. The molecule has 0 bridgehead atoms. The molecule has 0 amide bonds. The molecule has 1 atom stereocenters. The Bertz CT molecular complexity index is 615. The fraction of sp³-hybridized carbons (Fsp3) is 0.400. The first kappa shape index (κ1) is 15.1. The maximum atomic E-state index is 6.16. The molecule has 22 heavy (non-hydrogen) atoms. The van der Waals surface area contributed by atoms with Crippen molar-refractivity contribution in [2.45, 2.75) is 45.2 Å². The van der Waals surface area contributed by atoms with E-state index in [9.17, 15) is 0 Å². The van der Waals surface area contributed by atoms with Gasteiger partial charge in [-0.3, -0.25) is 4.90 Å². The van der Waals surface area contributed by atoms with Gasteiger partial charge in [-0.25, -0.2) is 0 Å². The van der Waals surface area contributed by atoms with E-state index in [1.807, 2.05) is 30.3 Å². The van der Waals surface area contributed by atoms with Gasteiger partial charge in [0.15, 0.2) is 0 Å². The van der Waals surface area contributed by atoms with Crippen LogP contribution in [0, 0.1) is 0 Å². The molecule has 2 nitrogen and oxygen atoms in total. The summed E-state index contributed by atoms with van der Waals surface area (Å²) in [4.78, 5) is 2.60. The number of para-hydroxylation sites is 2. The van der Waals surface area contributed by atoms with E-state index in [-0.39, 0.29) is 5.54 Å². The average molecular weight is 295 g/mol. The Kier molecular flexibility index (Phi) is 4.21. The van der Waals surface area contributed by atoms with Gasteiger partial charge in [-0.1, -0.05) is 36.4 Å². The van der Waals surface area contributed by atoms with E-state index in [0.29, 0.717) is 6.04 Å². The molecule has 116 valence electrons. The van der Waals surface area contributed by atoms with E-state index in [0.717, 1.165) is 18.0 Å². The van der Waals surface area contributed by atoms with Crippen molar-refractivity contribution in [2.24, 2.45) is 0 Å². The summed E-state index contributed by atoms with van der Waals surface area (Å²) in [5, 5.41) is 0. The minimum Gasteiger partial charge on any atom is -0.457 e. The summed E-state index contributed by atoms with van der Waals surface area (Å²) in [6, 6.07) is 19.0. The summed E-state index contributed by atoms with van der Waals surface area (Å²) in [6.07, 6.45) is 2.45. The van der Waals surface area contributed by atoms with Crippen LogP contribution in [-0.4, -0.2) is 17.0 Å². The third kappa shape index (κ3) is 3.17. The van der Waals surface area contributed by atoms with Crippen LogP contribution in [0.1, 0.15) is 45.2 Å². The zero-order valence-corrected chi connectivity index (χ0v) is 13.8. The maximum Gasteiger partial charge on any atom is 0.132 e. The van der Waals surface area contributed by atoms with E-state index in [4.69, 9.17) is 4.74 Å². The van der Waals surface area contributed by atoms with E-state index >= 15 is 0 Å². The number of hydrogen-bond donors (Lipinski definition) is 0. The highest BCUT2D eigenvalue weighted by atomic mass is 16.5. The molecule has 0 spiro atoms. The third-order valence-corrected chi connectivity index (χ3v) is 4.36. The Hall–Kier alpha value is -1.80. The Morgan fingerprint density at radius 1 is 0.955 bits per heavy atom. The van der Waals surface area contributed by atoms with Gasteiger partial charge < -0.3 is 4.74 Å². The first-order valence-electron chi connectivity index (χ1n) is 8.14. The predicted octanol–water partition coefficient (Wildman–Crippen LogP) is 5.41. The lowest BCUT2D eigenvalue weighted by atomic mass is 9.98. The molecular weight excluding hydrogens is 270 g/mol. The average Bonchev–Trinajstić information content (AvgIpc) is 2.98. The second-order valence-electron chi connectivity index (χ2n) is 6.98. The molecular formula is C20H25NO. The highest BCUT2D eigenvalue weighted by Crippen LogP contribution is 2.41. The molecule has 2 aromatic carbocycles. The van der Waals surface area contributed by atoms with Crippen LogP contribution in [0.5, 0.6) is 11.5 Å². The molecule has 1 heterocycles. The van der Waals surface area contributed by atoms with E-state index < -0.39 is 0 Å². The summed E-state index contributed by atoms with van der Waals surface area (Å²) < 4.78 is 6.16. The van der Waals surface area contributed by atoms with Crippen molar-refractivity contribution in [1.82, 2.24) is 4.90 Å². The molecule has 0 N–H and O–H groups in total. The molecule has 1 aliphatic rings. The van der Waals surface area contributed by atoms with Gasteiger partial charge in [0, 0.05) is 17.1 Å². The van der Waals surface area contributed by atoms with Crippen LogP contribution < -0.4 is 4.74 Å². The molecule has 0 aromatic heterocycles. The topological polar surface area (TPSA) is 12.5 Å². The van der Waals surface area contributed by atoms with Gasteiger partial charge in [0.1, 0.15) is 11.5 Å². The van der Waals surface area contributed by atoms with Crippen molar-refractivity contribution in [3.63, 3.8) is 0 Å². The van der Waals surface area contributed by atoms with Crippen molar-refractivity contribution < 1.29 is 4.74 Å². The lowest BCUT2D eigenvalue weighted by Gasteiger charge is -2.37. The van der Waals surface area contributed by atoms with Crippen LogP contribution in [0.2, 0.25) is 0 Å². The summed E-state index contributed by atoms with van der Waals surface area (Å²) in [5.41, 5.74) is 1.49. The predicted molar refractivity (Wildman–Crippen MR) is 91.4 cm³/mol. The number of nitrogens with zero attached hydrogens (tertiary/aromatic N) is 1. The number of rotatable bonds is 3. The van der Waals surface area contributed by atoms with Gasteiger partial charge in [0.05, 0.1) is 0 Å². The fourth-order valence-electron chi connectivity index (χ4n) is 3.36. The molecule has 1 fully saturated rings. The van der Waals surface area contributed by atoms with Gasteiger partial charge in [-0.2, -0.15) is 0 Å². The number of likely N-dealkylation sites (tertiary alicyclic amines) is 1. The van der Waals surface area contributed by atoms with Crippen molar-refractivity contribution in [3.05, 3.63) is 60.2 Å². The largest absolute Gasteiger partial charge is 0.457 e. The fourth-order valence-corrected chi connectivity index (χ4v) is 3.36. The second-order valence-corrected chi connectivity index (χ2v) is 6.98. The maximum absolute atomic E-state index is 6.16. The summed E-state index contributed by atoms with van der Waals surface area (Å²) in [7, 11) is 0. The molecule has 2 heteroatoms. The van der Waals surface area contributed by atoms with Gasteiger partial charge >= 0.3 is 0 Å². The lowest BCUT2D eigenvalue weighted by molar-refractivity contribution is 0.120. The van der Waals surface area contributed by atoms with Crippen LogP contribution in [-0.2, 0) is 0 Å². The molecule has 3 rings (SSSR count). The SMILES string of the molecule is CC(C)(C)N1CCCC1c1ccccc1Oc1ccccc1. The minimum absolute atomic E-state index is 0.182. The first-order chi connectivity index (χ1) is 10.6. The van der Waals surface area contributed by atoms with Gasteiger partial charge in [-0.15, -0.1) is 0 Å². The highest BCUT2D eigenvalue weighted by molar-refractivity contribution is 5.40. The Morgan fingerprint density at radius 3 is 2.36 bits per heavy atom. The smallest absolute Gasteiger partial charge is 0.132 e. The molecule has 0 radical (unpaired) electrons. The second kappa shape index (κ2) is 6.13. The molecule has 1 aliphatic heterocycles. The molecule has 2 aromatic rings. The van der Waals surface area contributed by atoms with Crippen LogP contribution in [0.15, 0.2) is 54.6 Å². The summed E-state index contributed by atoms with van der Waals surface area (Å²) >= 11 is 0. The zero-order valence-electron chi connectivity index (χ0n) is 13.8. The van der Waals surface area contributed by atoms with Crippen molar-refractivity contribution in [2.75, 3.05) is 6.54 Å². The number of hydrogen-bond acceptors (Lipinski definition) is 2. The van der Waals surface area contributed by atoms with Crippen LogP contribution >= 0.6 is 0 Å². The number of benzene rings is 2. The Morgan fingerprint density at radius 2 is 1.64 bits per heavy atom. The normalized spacial score (nSPS) is 19.3. The Labute approximate surface area is 133 Å². The van der Waals surface area contributed by atoms with Gasteiger partial charge in [-0.05, 0) is 58.4 Å². The summed E-state index contributed by atoms with van der Waals surface area (Å²) in [6.45, 7) is 8.05. The van der Waals surface area contributed by atoms with E-state index in [1.54, 1.807) is 0 Å². The van der Waals surface area contributed by atoms with E-state index in [2.05, 4.69) is 49.9 Å².